The van der Waals surface area contributed by atoms with E-state index in [1.165, 1.54) is 10.9 Å². The van der Waals surface area contributed by atoms with Gasteiger partial charge in [-0.3, -0.25) is 0 Å². The van der Waals surface area contributed by atoms with Crippen LogP contribution in [0.3, 0.4) is 0 Å². The van der Waals surface area contributed by atoms with Gasteiger partial charge in [0.05, 0.1) is 10.4 Å². The second-order valence-electron chi connectivity index (χ2n) is 6.37. The number of aromatic nitrogens is 2. The molecule has 2 aromatic carbocycles. The maximum atomic E-state index is 13.5. The van der Waals surface area contributed by atoms with Crippen molar-refractivity contribution in [2.24, 2.45) is 0 Å². The number of benzene rings is 2. The SMILES string of the molecule is Cc1sc2nc(Cc3ccccc3)nc(Nc3ccc(F)c(Cl)c3)c2c1C. The summed E-state index contributed by atoms with van der Waals surface area (Å²) < 4.78 is 13.5. The summed E-state index contributed by atoms with van der Waals surface area (Å²) in [6, 6.07) is 14.7. The Labute approximate surface area is 165 Å². The third kappa shape index (κ3) is 3.66. The molecule has 0 fully saturated rings. The molecule has 0 radical (unpaired) electrons. The highest BCUT2D eigenvalue weighted by atomic mass is 35.5. The molecule has 0 spiro atoms. The second kappa shape index (κ2) is 7.25. The molecule has 0 atom stereocenters. The molecule has 136 valence electrons. The van der Waals surface area contributed by atoms with Crippen LogP contribution in [0.1, 0.15) is 21.8 Å². The van der Waals surface area contributed by atoms with E-state index in [1.54, 1.807) is 23.5 Å². The number of aryl methyl sites for hydroxylation is 2. The van der Waals surface area contributed by atoms with E-state index in [0.717, 1.165) is 33.0 Å². The smallest absolute Gasteiger partial charge is 0.143 e. The second-order valence-corrected chi connectivity index (χ2v) is 7.98. The molecule has 0 aliphatic heterocycles. The Balaban J connectivity index is 1.79. The number of fused-ring (bicyclic) bond motifs is 1. The lowest BCUT2D eigenvalue weighted by Gasteiger charge is -2.10. The van der Waals surface area contributed by atoms with Gasteiger partial charge in [0.1, 0.15) is 22.3 Å². The van der Waals surface area contributed by atoms with Crippen molar-refractivity contribution in [2.75, 3.05) is 5.32 Å². The molecular formula is C21H17ClFN3S. The molecule has 6 heteroatoms. The van der Waals surface area contributed by atoms with Crippen LogP contribution < -0.4 is 5.32 Å². The van der Waals surface area contributed by atoms with Crippen LogP contribution in [-0.4, -0.2) is 9.97 Å². The molecule has 1 N–H and O–H groups in total. The van der Waals surface area contributed by atoms with Crippen molar-refractivity contribution < 1.29 is 4.39 Å². The molecule has 4 rings (SSSR count). The zero-order chi connectivity index (χ0) is 19.0. The first-order valence-corrected chi connectivity index (χ1v) is 9.73. The maximum Gasteiger partial charge on any atom is 0.143 e. The average Bonchev–Trinajstić information content (AvgIpc) is 2.93. The van der Waals surface area contributed by atoms with Crippen LogP contribution in [0.2, 0.25) is 5.02 Å². The Bertz CT molecular complexity index is 1130. The van der Waals surface area contributed by atoms with E-state index in [4.69, 9.17) is 21.6 Å². The van der Waals surface area contributed by atoms with Gasteiger partial charge in [0.15, 0.2) is 0 Å². The van der Waals surface area contributed by atoms with Gasteiger partial charge in [0, 0.05) is 17.0 Å². The van der Waals surface area contributed by atoms with Gasteiger partial charge in [0.25, 0.3) is 0 Å². The van der Waals surface area contributed by atoms with Gasteiger partial charge in [-0.25, -0.2) is 14.4 Å². The van der Waals surface area contributed by atoms with Gasteiger partial charge in [-0.15, -0.1) is 11.3 Å². The summed E-state index contributed by atoms with van der Waals surface area (Å²) in [5, 5.41) is 4.37. The highest BCUT2D eigenvalue weighted by Gasteiger charge is 2.15. The van der Waals surface area contributed by atoms with Gasteiger partial charge < -0.3 is 5.32 Å². The first-order chi connectivity index (χ1) is 13.0. The average molecular weight is 398 g/mol. The van der Waals surface area contributed by atoms with Gasteiger partial charge in [0.2, 0.25) is 0 Å². The summed E-state index contributed by atoms with van der Waals surface area (Å²) in [5.41, 5.74) is 2.99. The topological polar surface area (TPSA) is 37.8 Å². The third-order valence-electron chi connectivity index (χ3n) is 4.46. The molecule has 0 unspecified atom stereocenters. The van der Waals surface area contributed by atoms with E-state index in [1.807, 2.05) is 18.2 Å². The summed E-state index contributed by atoms with van der Waals surface area (Å²) in [4.78, 5) is 11.7. The normalized spacial score (nSPS) is 11.1. The van der Waals surface area contributed by atoms with Gasteiger partial charge in [-0.1, -0.05) is 41.9 Å². The van der Waals surface area contributed by atoms with Gasteiger partial charge >= 0.3 is 0 Å². The van der Waals surface area contributed by atoms with Crippen molar-refractivity contribution in [1.82, 2.24) is 9.97 Å². The Kier molecular flexibility index (Phi) is 4.81. The summed E-state index contributed by atoms with van der Waals surface area (Å²) in [7, 11) is 0. The molecule has 4 aromatic rings. The Morgan fingerprint density at radius 2 is 1.85 bits per heavy atom. The fourth-order valence-corrected chi connectivity index (χ4v) is 4.18. The van der Waals surface area contributed by atoms with Crippen molar-refractivity contribution in [1.29, 1.82) is 0 Å². The standard InChI is InChI=1S/C21H17ClFN3S/c1-12-13(2)27-21-19(12)20(24-15-8-9-17(23)16(22)11-15)25-18(26-21)10-14-6-4-3-5-7-14/h3-9,11H,10H2,1-2H3,(H,24,25,26). The molecule has 0 aliphatic carbocycles. The molecule has 0 bridgehead atoms. The molecule has 2 heterocycles. The largest absolute Gasteiger partial charge is 0.340 e. The zero-order valence-corrected chi connectivity index (χ0v) is 16.5. The molecule has 27 heavy (non-hydrogen) atoms. The number of hydrogen-bond acceptors (Lipinski definition) is 4. The highest BCUT2D eigenvalue weighted by molar-refractivity contribution is 7.18. The van der Waals surface area contributed by atoms with Crippen LogP contribution in [0.15, 0.2) is 48.5 Å². The number of anilines is 2. The first kappa shape index (κ1) is 17.9. The number of halogens is 2. The number of thiophene rings is 1. The molecule has 2 aromatic heterocycles. The lowest BCUT2D eigenvalue weighted by Crippen LogP contribution is -2.02. The van der Waals surface area contributed by atoms with Crippen LogP contribution in [0.4, 0.5) is 15.9 Å². The van der Waals surface area contributed by atoms with Gasteiger partial charge in [-0.05, 0) is 43.2 Å². The lowest BCUT2D eigenvalue weighted by molar-refractivity contribution is 0.628. The zero-order valence-electron chi connectivity index (χ0n) is 14.9. The monoisotopic (exact) mass is 397 g/mol. The van der Waals surface area contributed by atoms with Crippen molar-refractivity contribution >= 4 is 44.7 Å². The Hall–Kier alpha value is -2.50. The molecule has 0 saturated heterocycles. The minimum Gasteiger partial charge on any atom is -0.340 e. The van der Waals surface area contributed by atoms with Crippen LogP contribution in [-0.2, 0) is 6.42 Å². The summed E-state index contributed by atoms with van der Waals surface area (Å²) >= 11 is 7.58. The minimum absolute atomic E-state index is 0.0769. The number of nitrogens with zero attached hydrogens (tertiary/aromatic N) is 2. The van der Waals surface area contributed by atoms with E-state index in [2.05, 4.69) is 31.3 Å². The summed E-state index contributed by atoms with van der Waals surface area (Å²) in [6.07, 6.45) is 0.644. The maximum absolute atomic E-state index is 13.5. The molecule has 3 nitrogen and oxygen atoms in total. The minimum atomic E-state index is -0.442. The van der Waals surface area contributed by atoms with Crippen molar-refractivity contribution in [2.45, 2.75) is 20.3 Å². The van der Waals surface area contributed by atoms with E-state index in [-0.39, 0.29) is 5.02 Å². The lowest BCUT2D eigenvalue weighted by atomic mass is 10.1. The number of hydrogen-bond donors (Lipinski definition) is 1. The van der Waals surface area contributed by atoms with E-state index < -0.39 is 5.82 Å². The molecule has 0 saturated carbocycles. The van der Waals surface area contributed by atoms with Gasteiger partial charge in [-0.2, -0.15) is 0 Å². The predicted molar refractivity (Wildman–Crippen MR) is 111 cm³/mol. The van der Waals surface area contributed by atoms with Crippen LogP contribution >= 0.6 is 22.9 Å². The Morgan fingerprint density at radius 1 is 1.07 bits per heavy atom. The summed E-state index contributed by atoms with van der Waals surface area (Å²) in [5.74, 6) is 1.02. The molecule has 0 amide bonds. The van der Waals surface area contributed by atoms with Crippen LogP contribution in [0.5, 0.6) is 0 Å². The highest BCUT2D eigenvalue weighted by Crippen LogP contribution is 2.35. The quantitative estimate of drug-likeness (QED) is 0.430. The molecular weight excluding hydrogens is 381 g/mol. The predicted octanol–water partition coefficient (Wildman–Crippen LogP) is 6.44. The number of rotatable bonds is 4. The van der Waals surface area contributed by atoms with E-state index in [0.29, 0.717) is 12.1 Å². The van der Waals surface area contributed by atoms with E-state index in [9.17, 15) is 4.39 Å². The number of nitrogens with one attached hydrogen (secondary N) is 1. The van der Waals surface area contributed by atoms with E-state index >= 15 is 0 Å². The fraction of sp³-hybridized carbons (Fsp3) is 0.143. The first-order valence-electron chi connectivity index (χ1n) is 8.54. The van der Waals surface area contributed by atoms with Crippen molar-refractivity contribution in [3.8, 4) is 0 Å². The van der Waals surface area contributed by atoms with Crippen LogP contribution in [0.25, 0.3) is 10.2 Å². The molecule has 0 aliphatic rings. The van der Waals surface area contributed by atoms with Crippen LogP contribution in [0, 0.1) is 19.7 Å². The fourth-order valence-electron chi connectivity index (χ4n) is 2.95. The van der Waals surface area contributed by atoms with Crippen molar-refractivity contribution in [3.63, 3.8) is 0 Å². The third-order valence-corrected chi connectivity index (χ3v) is 5.85. The van der Waals surface area contributed by atoms with Crippen molar-refractivity contribution in [3.05, 3.63) is 81.2 Å². The summed E-state index contributed by atoms with van der Waals surface area (Å²) in [6.45, 7) is 4.15. The Morgan fingerprint density at radius 3 is 2.59 bits per heavy atom.